The summed E-state index contributed by atoms with van der Waals surface area (Å²) in [5.74, 6) is 0.837. The van der Waals surface area contributed by atoms with Crippen molar-refractivity contribution in [3.63, 3.8) is 0 Å². The van der Waals surface area contributed by atoms with Gasteiger partial charge in [0.25, 0.3) is 0 Å². The summed E-state index contributed by atoms with van der Waals surface area (Å²) in [6.07, 6.45) is 3.64. The maximum Gasteiger partial charge on any atom is 0.153 e. The third-order valence-corrected chi connectivity index (χ3v) is 3.04. The van der Waals surface area contributed by atoms with Crippen molar-refractivity contribution < 1.29 is 9.53 Å². The number of nitrogens with zero attached hydrogens (tertiary/aromatic N) is 2. The van der Waals surface area contributed by atoms with E-state index in [0.717, 1.165) is 41.8 Å². The van der Waals surface area contributed by atoms with Gasteiger partial charge in [0.1, 0.15) is 11.4 Å². The average molecular weight is 258 g/mol. The number of aryl methyl sites for hydroxylation is 2. The minimum atomic E-state index is 0.623. The van der Waals surface area contributed by atoms with E-state index in [1.807, 2.05) is 29.8 Å². The SMILES string of the molecule is CCCn1cc(C=O)c(-c2ccc(OC)c(C)c2)n1. The zero-order valence-electron chi connectivity index (χ0n) is 11.5. The lowest BCUT2D eigenvalue weighted by Gasteiger charge is -2.06. The fourth-order valence-corrected chi connectivity index (χ4v) is 2.12. The maximum absolute atomic E-state index is 11.1. The van der Waals surface area contributed by atoms with Crippen molar-refractivity contribution in [2.75, 3.05) is 7.11 Å². The van der Waals surface area contributed by atoms with Crippen molar-refractivity contribution in [3.05, 3.63) is 35.5 Å². The van der Waals surface area contributed by atoms with E-state index in [0.29, 0.717) is 5.56 Å². The van der Waals surface area contributed by atoms with E-state index in [1.165, 1.54) is 0 Å². The molecule has 4 heteroatoms. The van der Waals surface area contributed by atoms with Crippen LogP contribution < -0.4 is 4.74 Å². The maximum atomic E-state index is 11.1. The molecule has 1 heterocycles. The fraction of sp³-hybridized carbons (Fsp3) is 0.333. The number of hydrogen-bond acceptors (Lipinski definition) is 3. The van der Waals surface area contributed by atoms with Gasteiger partial charge in [-0.1, -0.05) is 6.92 Å². The Morgan fingerprint density at radius 2 is 2.21 bits per heavy atom. The molecule has 4 nitrogen and oxygen atoms in total. The number of aromatic nitrogens is 2. The Kier molecular flexibility index (Phi) is 4.00. The summed E-state index contributed by atoms with van der Waals surface area (Å²) in [6.45, 7) is 4.88. The molecule has 0 atom stereocenters. The molecule has 0 unspecified atom stereocenters. The van der Waals surface area contributed by atoms with Gasteiger partial charge < -0.3 is 4.74 Å². The number of carbonyl (C=O) groups is 1. The summed E-state index contributed by atoms with van der Waals surface area (Å²) in [4.78, 5) is 11.1. The minimum Gasteiger partial charge on any atom is -0.496 e. The van der Waals surface area contributed by atoms with Gasteiger partial charge in [-0.15, -0.1) is 0 Å². The molecule has 0 amide bonds. The second-order valence-corrected chi connectivity index (χ2v) is 4.50. The van der Waals surface area contributed by atoms with Crippen molar-refractivity contribution in [3.8, 4) is 17.0 Å². The Bertz CT molecular complexity index is 588. The van der Waals surface area contributed by atoms with E-state index in [2.05, 4.69) is 12.0 Å². The molecule has 0 radical (unpaired) electrons. The molecule has 2 aromatic rings. The molecule has 100 valence electrons. The van der Waals surface area contributed by atoms with Crippen LogP contribution in [0.25, 0.3) is 11.3 Å². The minimum absolute atomic E-state index is 0.623. The monoisotopic (exact) mass is 258 g/mol. The van der Waals surface area contributed by atoms with E-state index >= 15 is 0 Å². The van der Waals surface area contributed by atoms with Gasteiger partial charge in [-0.05, 0) is 37.1 Å². The first-order valence-corrected chi connectivity index (χ1v) is 6.37. The largest absolute Gasteiger partial charge is 0.496 e. The third kappa shape index (κ3) is 2.67. The summed E-state index contributed by atoms with van der Waals surface area (Å²) in [5.41, 5.74) is 3.32. The highest BCUT2D eigenvalue weighted by atomic mass is 16.5. The van der Waals surface area contributed by atoms with Crippen LogP contribution in [0, 0.1) is 6.92 Å². The molecule has 0 aliphatic heterocycles. The first-order valence-electron chi connectivity index (χ1n) is 6.37. The topological polar surface area (TPSA) is 44.1 Å². The Morgan fingerprint density at radius 3 is 2.79 bits per heavy atom. The molecule has 0 saturated heterocycles. The highest BCUT2D eigenvalue weighted by Gasteiger charge is 2.11. The number of aldehydes is 1. The molecular weight excluding hydrogens is 240 g/mol. The van der Waals surface area contributed by atoms with Gasteiger partial charge in [0.2, 0.25) is 0 Å². The Hall–Kier alpha value is -2.10. The van der Waals surface area contributed by atoms with Crippen LogP contribution in [-0.2, 0) is 6.54 Å². The first-order chi connectivity index (χ1) is 9.19. The number of methoxy groups -OCH3 is 1. The normalized spacial score (nSPS) is 10.5. The lowest BCUT2D eigenvalue weighted by atomic mass is 10.1. The average Bonchev–Trinajstić information content (AvgIpc) is 2.82. The fourth-order valence-electron chi connectivity index (χ4n) is 2.12. The van der Waals surface area contributed by atoms with Gasteiger partial charge in [-0.25, -0.2) is 0 Å². The van der Waals surface area contributed by atoms with Crippen LogP contribution in [0.3, 0.4) is 0 Å². The zero-order chi connectivity index (χ0) is 13.8. The second kappa shape index (κ2) is 5.69. The molecule has 1 aromatic heterocycles. The number of benzene rings is 1. The highest BCUT2D eigenvalue weighted by molar-refractivity contribution is 5.85. The van der Waals surface area contributed by atoms with Gasteiger partial charge in [-0.2, -0.15) is 5.10 Å². The van der Waals surface area contributed by atoms with Crippen LogP contribution in [0.4, 0.5) is 0 Å². The zero-order valence-corrected chi connectivity index (χ0v) is 11.5. The van der Waals surface area contributed by atoms with E-state index < -0.39 is 0 Å². The van der Waals surface area contributed by atoms with Crippen molar-refractivity contribution in [1.29, 1.82) is 0 Å². The van der Waals surface area contributed by atoms with Crippen LogP contribution in [0.1, 0.15) is 29.3 Å². The number of ether oxygens (including phenoxy) is 1. The molecule has 0 aliphatic carbocycles. The van der Waals surface area contributed by atoms with E-state index in [4.69, 9.17) is 4.74 Å². The summed E-state index contributed by atoms with van der Waals surface area (Å²) >= 11 is 0. The van der Waals surface area contributed by atoms with Crippen molar-refractivity contribution in [2.24, 2.45) is 0 Å². The Balaban J connectivity index is 2.45. The van der Waals surface area contributed by atoms with Crippen molar-refractivity contribution >= 4 is 6.29 Å². The molecule has 0 fully saturated rings. The summed E-state index contributed by atoms with van der Waals surface area (Å²) in [6, 6.07) is 5.82. The number of rotatable bonds is 5. The summed E-state index contributed by atoms with van der Waals surface area (Å²) in [7, 11) is 1.65. The van der Waals surface area contributed by atoms with Crippen molar-refractivity contribution in [1.82, 2.24) is 9.78 Å². The van der Waals surface area contributed by atoms with Crippen LogP contribution in [-0.4, -0.2) is 23.2 Å². The molecule has 0 bridgehead atoms. The molecule has 1 aromatic carbocycles. The van der Waals surface area contributed by atoms with Crippen LogP contribution in [0.2, 0.25) is 0 Å². The highest BCUT2D eigenvalue weighted by Crippen LogP contribution is 2.26. The predicted molar refractivity (Wildman–Crippen MR) is 74.6 cm³/mol. The summed E-state index contributed by atoms with van der Waals surface area (Å²) < 4.78 is 7.06. The predicted octanol–water partition coefficient (Wildman–Crippen LogP) is 3.09. The molecule has 0 spiro atoms. The second-order valence-electron chi connectivity index (χ2n) is 4.50. The molecule has 0 saturated carbocycles. The lowest BCUT2D eigenvalue weighted by Crippen LogP contribution is -1.97. The summed E-state index contributed by atoms with van der Waals surface area (Å²) in [5, 5.41) is 4.48. The van der Waals surface area contributed by atoms with Gasteiger partial charge in [0.15, 0.2) is 6.29 Å². The first kappa shape index (κ1) is 13.3. The van der Waals surface area contributed by atoms with Crippen LogP contribution in [0.15, 0.2) is 24.4 Å². The molecule has 2 rings (SSSR count). The number of hydrogen-bond donors (Lipinski definition) is 0. The molecule has 19 heavy (non-hydrogen) atoms. The quantitative estimate of drug-likeness (QED) is 0.774. The van der Waals surface area contributed by atoms with Gasteiger partial charge in [0, 0.05) is 18.3 Å². The Morgan fingerprint density at radius 1 is 1.42 bits per heavy atom. The van der Waals surface area contributed by atoms with Crippen molar-refractivity contribution in [2.45, 2.75) is 26.8 Å². The Labute approximate surface area is 113 Å². The van der Waals surface area contributed by atoms with Gasteiger partial charge >= 0.3 is 0 Å². The molecule has 0 N–H and O–H groups in total. The van der Waals surface area contributed by atoms with Crippen LogP contribution >= 0.6 is 0 Å². The third-order valence-electron chi connectivity index (χ3n) is 3.04. The van der Waals surface area contributed by atoms with E-state index in [1.54, 1.807) is 13.3 Å². The smallest absolute Gasteiger partial charge is 0.153 e. The van der Waals surface area contributed by atoms with Crippen LogP contribution in [0.5, 0.6) is 5.75 Å². The van der Waals surface area contributed by atoms with E-state index in [-0.39, 0.29) is 0 Å². The molecule has 0 aliphatic rings. The number of carbonyl (C=O) groups excluding carboxylic acids is 1. The molecular formula is C15H18N2O2. The van der Waals surface area contributed by atoms with Gasteiger partial charge in [-0.3, -0.25) is 9.48 Å². The standard InChI is InChI=1S/C15H18N2O2/c1-4-7-17-9-13(10-18)15(16-17)12-5-6-14(19-3)11(2)8-12/h5-6,8-10H,4,7H2,1-3H3. The van der Waals surface area contributed by atoms with E-state index in [9.17, 15) is 4.79 Å². The lowest BCUT2D eigenvalue weighted by molar-refractivity contribution is 0.112. The van der Waals surface area contributed by atoms with Gasteiger partial charge in [0.05, 0.1) is 12.7 Å².